The van der Waals surface area contributed by atoms with Crippen molar-refractivity contribution in [1.29, 1.82) is 0 Å². The first-order chi connectivity index (χ1) is 9.99. The molecule has 1 N–H and O–H groups in total. The van der Waals surface area contributed by atoms with Crippen LogP contribution in [0.15, 0.2) is 0 Å². The summed E-state index contributed by atoms with van der Waals surface area (Å²) in [5.74, 6) is 0. The minimum atomic E-state index is 0.112. The highest BCUT2D eigenvalue weighted by atomic mass is 16.2. The van der Waals surface area contributed by atoms with Gasteiger partial charge in [-0.3, -0.25) is 4.90 Å². The molecular weight excluding hydrogens is 264 g/mol. The second-order valence-electron chi connectivity index (χ2n) is 7.00. The highest BCUT2D eigenvalue weighted by Crippen LogP contribution is 2.27. The summed E-state index contributed by atoms with van der Waals surface area (Å²) >= 11 is 0. The summed E-state index contributed by atoms with van der Waals surface area (Å²) in [6.45, 7) is 7.97. The van der Waals surface area contributed by atoms with E-state index in [-0.39, 0.29) is 6.03 Å². The Balaban J connectivity index is 1.71. The van der Waals surface area contributed by atoms with Gasteiger partial charge in [0.2, 0.25) is 0 Å². The molecule has 2 amide bonds. The molecule has 0 radical (unpaired) electrons. The lowest BCUT2D eigenvalue weighted by atomic mass is 10.1. The van der Waals surface area contributed by atoms with Gasteiger partial charge in [-0.25, -0.2) is 4.79 Å². The maximum Gasteiger partial charge on any atom is 0.317 e. The Morgan fingerprint density at radius 1 is 1.24 bits per heavy atom. The normalized spacial score (nSPS) is 23.2. The Morgan fingerprint density at radius 2 is 1.95 bits per heavy atom. The summed E-state index contributed by atoms with van der Waals surface area (Å²) in [5, 5.41) is 3.11. The Kier molecular flexibility index (Phi) is 5.88. The van der Waals surface area contributed by atoms with Crippen molar-refractivity contribution >= 4 is 6.03 Å². The fraction of sp³-hybridized carbons (Fsp3) is 0.938. The van der Waals surface area contributed by atoms with E-state index in [9.17, 15) is 4.79 Å². The smallest absolute Gasteiger partial charge is 0.317 e. The number of likely N-dealkylation sites (tertiary alicyclic amines) is 1. The van der Waals surface area contributed by atoms with Crippen molar-refractivity contribution in [3.8, 4) is 0 Å². The molecule has 2 fully saturated rings. The van der Waals surface area contributed by atoms with Crippen LogP contribution in [0.4, 0.5) is 4.79 Å². The van der Waals surface area contributed by atoms with Gasteiger partial charge in [0.1, 0.15) is 0 Å². The summed E-state index contributed by atoms with van der Waals surface area (Å²) in [6, 6.07) is 1.95. The minimum absolute atomic E-state index is 0.112. The van der Waals surface area contributed by atoms with Crippen LogP contribution in [0.1, 0.15) is 39.5 Å². The van der Waals surface area contributed by atoms with Gasteiger partial charge in [0.05, 0.1) is 0 Å². The SMILES string of the molecule is CC(C)N(CCNC(=O)N1CCC[C@@H](N(C)C)C1)C1CC1. The minimum Gasteiger partial charge on any atom is -0.337 e. The molecule has 0 bridgehead atoms. The maximum atomic E-state index is 12.3. The number of urea groups is 1. The number of hydrogen-bond donors (Lipinski definition) is 1. The van der Waals surface area contributed by atoms with Crippen molar-refractivity contribution in [2.24, 2.45) is 0 Å². The molecule has 0 spiro atoms. The third-order valence-electron chi connectivity index (χ3n) is 4.74. The van der Waals surface area contributed by atoms with Crippen LogP contribution < -0.4 is 5.32 Å². The summed E-state index contributed by atoms with van der Waals surface area (Å²) < 4.78 is 0. The number of hydrogen-bond acceptors (Lipinski definition) is 3. The average molecular weight is 296 g/mol. The van der Waals surface area contributed by atoms with Gasteiger partial charge < -0.3 is 15.1 Å². The standard InChI is InChI=1S/C16H32N4O/c1-13(2)20(14-7-8-14)11-9-17-16(21)19-10-5-6-15(12-19)18(3)4/h13-15H,5-12H2,1-4H3,(H,17,21)/t15-/m1/s1. The second-order valence-corrected chi connectivity index (χ2v) is 7.00. The van der Waals surface area contributed by atoms with Crippen molar-refractivity contribution in [2.45, 2.75) is 57.7 Å². The van der Waals surface area contributed by atoms with Gasteiger partial charge >= 0.3 is 6.03 Å². The Bertz CT molecular complexity index is 339. The van der Waals surface area contributed by atoms with Crippen LogP contribution in [0.3, 0.4) is 0 Å². The number of piperidine rings is 1. The first-order valence-corrected chi connectivity index (χ1v) is 8.44. The van der Waals surface area contributed by atoms with Gasteiger partial charge in [-0.05, 0) is 53.6 Å². The molecule has 2 rings (SSSR count). The molecular formula is C16H32N4O. The van der Waals surface area contributed by atoms with Gasteiger partial charge in [-0.15, -0.1) is 0 Å². The predicted octanol–water partition coefficient (Wildman–Crippen LogP) is 1.59. The Hall–Kier alpha value is -0.810. The summed E-state index contributed by atoms with van der Waals surface area (Å²) in [6.07, 6.45) is 4.95. The summed E-state index contributed by atoms with van der Waals surface area (Å²) in [4.78, 5) is 19.0. The van der Waals surface area contributed by atoms with E-state index < -0.39 is 0 Å². The molecule has 1 atom stereocenters. The number of likely N-dealkylation sites (N-methyl/N-ethyl adjacent to an activating group) is 1. The van der Waals surface area contributed by atoms with E-state index in [1.54, 1.807) is 0 Å². The van der Waals surface area contributed by atoms with Crippen molar-refractivity contribution in [2.75, 3.05) is 40.3 Å². The number of carbonyl (C=O) groups is 1. The van der Waals surface area contributed by atoms with Crippen LogP contribution in [-0.2, 0) is 0 Å². The highest BCUT2D eigenvalue weighted by Gasteiger charge is 2.30. The zero-order valence-electron chi connectivity index (χ0n) is 14.1. The van der Waals surface area contributed by atoms with Gasteiger partial charge in [-0.2, -0.15) is 0 Å². The van der Waals surface area contributed by atoms with Crippen LogP contribution >= 0.6 is 0 Å². The molecule has 21 heavy (non-hydrogen) atoms. The van der Waals surface area contributed by atoms with Crippen LogP contribution in [0.2, 0.25) is 0 Å². The average Bonchev–Trinajstić information content (AvgIpc) is 3.27. The van der Waals surface area contributed by atoms with E-state index in [1.165, 1.54) is 19.3 Å². The third kappa shape index (κ3) is 4.85. The lowest BCUT2D eigenvalue weighted by molar-refractivity contribution is 0.138. The second kappa shape index (κ2) is 7.45. The van der Waals surface area contributed by atoms with Crippen LogP contribution in [-0.4, -0.2) is 79.1 Å². The van der Waals surface area contributed by atoms with Crippen molar-refractivity contribution in [1.82, 2.24) is 20.0 Å². The molecule has 0 unspecified atom stereocenters. The van der Waals surface area contributed by atoms with Crippen LogP contribution in [0.25, 0.3) is 0 Å². The van der Waals surface area contributed by atoms with Crippen LogP contribution in [0, 0.1) is 0 Å². The van der Waals surface area contributed by atoms with E-state index >= 15 is 0 Å². The first kappa shape index (κ1) is 16.6. The molecule has 1 saturated carbocycles. The van der Waals surface area contributed by atoms with E-state index in [0.717, 1.165) is 38.6 Å². The Morgan fingerprint density at radius 3 is 2.52 bits per heavy atom. The maximum absolute atomic E-state index is 12.3. The number of nitrogens with one attached hydrogen (secondary N) is 1. The molecule has 1 aliphatic heterocycles. The van der Waals surface area contributed by atoms with Crippen molar-refractivity contribution in [3.05, 3.63) is 0 Å². The van der Waals surface area contributed by atoms with Gasteiger partial charge in [0, 0.05) is 44.3 Å². The van der Waals surface area contributed by atoms with E-state index in [2.05, 4.69) is 43.1 Å². The monoisotopic (exact) mass is 296 g/mol. The van der Waals surface area contributed by atoms with Crippen LogP contribution in [0.5, 0.6) is 0 Å². The molecule has 1 saturated heterocycles. The molecule has 0 aromatic heterocycles. The molecule has 2 aliphatic rings. The molecule has 0 aromatic rings. The zero-order chi connectivity index (χ0) is 15.4. The number of nitrogens with zero attached hydrogens (tertiary/aromatic N) is 3. The van der Waals surface area contributed by atoms with Crippen molar-refractivity contribution < 1.29 is 4.79 Å². The molecule has 122 valence electrons. The largest absolute Gasteiger partial charge is 0.337 e. The molecule has 1 heterocycles. The number of rotatable bonds is 6. The highest BCUT2D eigenvalue weighted by molar-refractivity contribution is 5.74. The number of carbonyl (C=O) groups excluding carboxylic acids is 1. The van der Waals surface area contributed by atoms with E-state index in [0.29, 0.717) is 12.1 Å². The first-order valence-electron chi connectivity index (χ1n) is 8.44. The molecule has 1 aliphatic carbocycles. The fourth-order valence-corrected chi connectivity index (χ4v) is 3.23. The van der Waals surface area contributed by atoms with E-state index in [1.807, 2.05) is 4.90 Å². The third-order valence-corrected chi connectivity index (χ3v) is 4.74. The van der Waals surface area contributed by atoms with Crippen molar-refractivity contribution in [3.63, 3.8) is 0 Å². The lowest BCUT2D eigenvalue weighted by Gasteiger charge is -2.36. The fourth-order valence-electron chi connectivity index (χ4n) is 3.23. The summed E-state index contributed by atoms with van der Waals surface area (Å²) in [5.41, 5.74) is 0. The van der Waals surface area contributed by atoms with E-state index in [4.69, 9.17) is 0 Å². The predicted molar refractivity (Wildman–Crippen MR) is 86.5 cm³/mol. The quantitative estimate of drug-likeness (QED) is 0.809. The molecule has 5 nitrogen and oxygen atoms in total. The molecule has 5 heteroatoms. The lowest BCUT2D eigenvalue weighted by Crippen LogP contribution is -2.51. The Labute approximate surface area is 129 Å². The van der Waals surface area contributed by atoms with Gasteiger partial charge in [0.25, 0.3) is 0 Å². The zero-order valence-corrected chi connectivity index (χ0v) is 14.1. The number of amides is 2. The summed E-state index contributed by atoms with van der Waals surface area (Å²) in [7, 11) is 4.20. The van der Waals surface area contributed by atoms with Gasteiger partial charge in [-0.1, -0.05) is 0 Å². The topological polar surface area (TPSA) is 38.8 Å². The van der Waals surface area contributed by atoms with Gasteiger partial charge in [0.15, 0.2) is 0 Å². The molecule has 0 aromatic carbocycles.